The Labute approximate surface area is 239 Å². The molecule has 4 aromatic rings. The van der Waals surface area contributed by atoms with Gasteiger partial charge in [0, 0.05) is 31.1 Å². The molecule has 1 aromatic carbocycles. The van der Waals surface area contributed by atoms with Gasteiger partial charge in [-0.25, -0.2) is 9.31 Å². The van der Waals surface area contributed by atoms with Gasteiger partial charge in [-0.2, -0.15) is 9.90 Å². The first-order valence-electron chi connectivity index (χ1n) is 12.8. The molecule has 13 nitrogen and oxygen atoms in total. The van der Waals surface area contributed by atoms with E-state index >= 15 is 0 Å². The summed E-state index contributed by atoms with van der Waals surface area (Å²) >= 11 is 3.53. The number of carbonyl (C=O) groups is 2. The largest absolute Gasteiger partial charge is 0.453 e. The monoisotopic (exact) mass is 613 g/mol. The molecule has 1 fully saturated rings. The van der Waals surface area contributed by atoms with Crippen LogP contribution in [-0.4, -0.2) is 87.2 Å². The van der Waals surface area contributed by atoms with Crippen LogP contribution < -0.4 is 10.6 Å². The van der Waals surface area contributed by atoms with Crippen LogP contribution in [0.3, 0.4) is 0 Å². The van der Waals surface area contributed by atoms with Crippen LogP contribution in [0.2, 0.25) is 0 Å². The van der Waals surface area contributed by atoms with E-state index in [0.29, 0.717) is 54.4 Å². The first-order chi connectivity index (χ1) is 19.4. The first kappa shape index (κ1) is 29.0. The van der Waals surface area contributed by atoms with Gasteiger partial charge < -0.3 is 25.0 Å². The molecule has 0 aliphatic carbocycles. The second-order valence-electron chi connectivity index (χ2n) is 8.79. The number of amides is 2. The summed E-state index contributed by atoms with van der Waals surface area (Å²) in [5, 5.41) is 23.4. The van der Waals surface area contributed by atoms with Crippen molar-refractivity contribution in [1.29, 1.82) is 0 Å². The van der Waals surface area contributed by atoms with E-state index < -0.39 is 0 Å². The van der Waals surface area contributed by atoms with E-state index in [9.17, 15) is 9.59 Å². The van der Waals surface area contributed by atoms with Gasteiger partial charge in [0.1, 0.15) is 6.04 Å². The number of nitrogens with one attached hydrogen (secondary N) is 2. The lowest BCUT2D eigenvalue weighted by Gasteiger charge is -2.36. The number of tetrazole rings is 1. The molecule has 1 aliphatic rings. The summed E-state index contributed by atoms with van der Waals surface area (Å²) in [6.45, 7) is 7.99. The number of anilines is 2. The lowest BCUT2D eigenvalue weighted by Crippen LogP contribution is -2.51. The van der Waals surface area contributed by atoms with E-state index in [1.165, 1.54) is 11.9 Å². The van der Waals surface area contributed by atoms with Gasteiger partial charge in [-0.1, -0.05) is 26.0 Å². The minimum Gasteiger partial charge on any atom is -0.453 e. The molecule has 4 heterocycles. The highest BCUT2D eigenvalue weighted by molar-refractivity contribution is 9.10. The number of benzene rings is 1. The van der Waals surface area contributed by atoms with Crippen LogP contribution in [0.4, 0.5) is 16.2 Å². The molecule has 1 aliphatic heterocycles. The lowest BCUT2D eigenvalue weighted by molar-refractivity contribution is 0.0621. The lowest BCUT2D eigenvalue weighted by atomic mass is 10.1. The van der Waals surface area contributed by atoms with Crippen molar-refractivity contribution < 1.29 is 19.1 Å². The Morgan fingerprint density at radius 2 is 1.93 bits per heavy atom. The standard InChI is InChI=1S/C24H26BrN9O4.C2H6/c1-14-4-5-15(22-29-31-34(30-22)16-11-32(12-16)24(36)38-3)8-19(14)28-23(35)17-10-27-33-13-18(25)20(9-21(17)33)26-6-7-37-2;1-2/h4-5,8-10,13,16,26H,6-7,11-12H2,1-3H3,(H,28,35);1-2H3. The fourth-order valence-electron chi connectivity index (χ4n) is 4.06. The fourth-order valence-corrected chi connectivity index (χ4v) is 4.51. The van der Waals surface area contributed by atoms with Crippen molar-refractivity contribution in [2.24, 2.45) is 0 Å². The maximum absolute atomic E-state index is 13.3. The first-order valence-corrected chi connectivity index (χ1v) is 13.6. The van der Waals surface area contributed by atoms with E-state index in [-0.39, 0.29) is 18.0 Å². The summed E-state index contributed by atoms with van der Waals surface area (Å²) in [4.78, 5) is 27.9. The number of fused-ring (bicyclic) bond motifs is 1. The molecule has 0 unspecified atom stereocenters. The zero-order valence-electron chi connectivity index (χ0n) is 23.0. The zero-order chi connectivity index (χ0) is 28.8. The smallest absolute Gasteiger partial charge is 0.409 e. The Hall–Kier alpha value is -4.04. The summed E-state index contributed by atoms with van der Waals surface area (Å²) in [6.07, 6.45) is 2.96. The topological polar surface area (TPSA) is 141 Å². The van der Waals surface area contributed by atoms with E-state index in [4.69, 9.17) is 9.47 Å². The molecule has 1 saturated heterocycles. The van der Waals surface area contributed by atoms with Crippen molar-refractivity contribution in [3.63, 3.8) is 0 Å². The number of carbonyl (C=O) groups excluding carboxylic acids is 2. The molecule has 0 saturated carbocycles. The highest BCUT2D eigenvalue weighted by Gasteiger charge is 2.34. The van der Waals surface area contributed by atoms with Gasteiger partial charge in [0.2, 0.25) is 5.82 Å². The number of aryl methyl sites for hydroxylation is 1. The maximum Gasteiger partial charge on any atom is 0.409 e. The van der Waals surface area contributed by atoms with E-state index in [1.807, 2.05) is 45.0 Å². The van der Waals surface area contributed by atoms with Gasteiger partial charge in [-0.15, -0.1) is 10.2 Å². The number of ether oxygens (including phenoxy) is 2. The molecule has 0 atom stereocenters. The van der Waals surface area contributed by atoms with Crippen LogP contribution in [0.5, 0.6) is 0 Å². The molecule has 2 amide bonds. The van der Waals surface area contributed by atoms with Crippen molar-refractivity contribution in [2.75, 3.05) is 51.1 Å². The van der Waals surface area contributed by atoms with Crippen molar-refractivity contribution in [2.45, 2.75) is 26.8 Å². The van der Waals surface area contributed by atoms with Crippen LogP contribution in [0.15, 0.2) is 41.1 Å². The number of nitrogens with zero attached hydrogens (tertiary/aromatic N) is 7. The van der Waals surface area contributed by atoms with Crippen molar-refractivity contribution in [3.8, 4) is 11.4 Å². The Morgan fingerprint density at radius 3 is 2.65 bits per heavy atom. The van der Waals surface area contributed by atoms with Crippen LogP contribution in [-0.2, 0) is 9.47 Å². The molecule has 2 N–H and O–H groups in total. The molecule has 0 radical (unpaired) electrons. The third kappa shape index (κ3) is 6.07. The highest BCUT2D eigenvalue weighted by Crippen LogP contribution is 2.28. The van der Waals surface area contributed by atoms with Crippen LogP contribution >= 0.6 is 15.9 Å². The highest BCUT2D eigenvalue weighted by atomic mass is 79.9. The van der Waals surface area contributed by atoms with E-state index in [2.05, 4.69) is 47.1 Å². The predicted octanol–water partition coefficient (Wildman–Crippen LogP) is 4.02. The molecule has 40 heavy (non-hydrogen) atoms. The molecule has 5 rings (SSSR count). The average Bonchev–Trinajstić information content (AvgIpc) is 3.58. The van der Waals surface area contributed by atoms with E-state index in [0.717, 1.165) is 15.7 Å². The SMILES string of the molecule is CC.COCCNc1cc2c(C(=O)Nc3cc(-c4nnn(C5CN(C(=O)OC)C5)n4)ccc3C)cnn2cc1Br. The maximum atomic E-state index is 13.3. The normalized spacial score (nSPS) is 12.9. The van der Waals surface area contributed by atoms with Crippen LogP contribution in [0, 0.1) is 6.92 Å². The van der Waals surface area contributed by atoms with Crippen molar-refractivity contribution in [3.05, 3.63) is 52.3 Å². The van der Waals surface area contributed by atoms with Crippen LogP contribution in [0.1, 0.15) is 35.8 Å². The van der Waals surface area contributed by atoms with Crippen molar-refractivity contribution in [1.82, 2.24) is 34.7 Å². The number of likely N-dealkylation sites (tertiary alicyclic amines) is 1. The predicted molar refractivity (Wildman–Crippen MR) is 154 cm³/mol. The van der Waals surface area contributed by atoms with Gasteiger partial charge in [-0.05, 0) is 45.8 Å². The van der Waals surface area contributed by atoms with Gasteiger partial charge in [0.25, 0.3) is 5.91 Å². The average molecular weight is 615 g/mol. The summed E-state index contributed by atoms with van der Waals surface area (Å²) < 4.78 is 12.3. The number of rotatable bonds is 8. The number of halogens is 1. The van der Waals surface area contributed by atoms with Gasteiger partial charge in [-0.3, -0.25) is 4.79 Å². The third-order valence-corrected chi connectivity index (χ3v) is 6.90. The number of hydrogen-bond donors (Lipinski definition) is 2. The van der Waals surface area contributed by atoms with Gasteiger partial charge in [0.15, 0.2) is 0 Å². The number of methoxy groups -OCH3 is 2. The second kappa shape index (κ2) is 12.9. The Balaban J connectivity index is 0.00000181. The summed E-state index contributed by atoms with van der Waals surface area (Å²) in [6, 6.07) is 7.38. The number of pyridine rings is 1. The quantitative estimate of drug-likeness (QED) is 0.282. The summed E-state index contributed by atoms with van der Waals surface area (Å²) in [5.41, 5.74) is 4.13. The number of hydrogen-bond acceptors (Lipinski definition) is 9. The molecule has 0 bridgehead atoms. The molecule has 0 spiro atoms. The van der Waals surface area contributed by atoms with E-state index in [1.54, 1.807) is 28.9 Å². The molecule has 3 aromatic heterocycles. The zero-order valence-corrected chi connectivity index (χ0v) is 24.6. The Morgan fingerprint density at radius 1 is 1.15 bits per heavy atom. The minimum atomic E-state index is -0.377. The van der Waals surface area contributed by atoms with Crippen molar-refractivity contribution >= 4 is 44.8 Å². The summed E-state index contributed by atoms with van der Waals surface area (Å²) in [7, 11) is 2.99. The number of aromatic nitrogens is 6. The molecule has 14 heteroatoms. The Kier molecular flexibility index (Phi) is 9.32. The molecular formula is C26H32BrN9O4. The van der Waals surface area contributed by atoms with Gasteiger partial charge in [0.05, 0.1) is 54.2 Å². The fraction of sp³-hybridized carbons (Fsp3) is 0.385. The third-order valence-electron chi connectivity index (χ3n) is 6.27. The second-order valence-corrected chi connectivity index (χ2v) is 9.64. The molecular weight excluding hydrogens is 582 g/mol. The Bertz CT molecular complexity index is 1500. The van der Waals surface area contributed by atoms with Crippen LogP contribution in [0.25, 0.3) is 16.9 Å². The summed E-state index contributed by atoms with van der Waals surface area (Å²) in [5.74, 6) is 0.129. The molecule has 212 valence electrons. The van der Waals surface area contributed by atoms with Gasteiger partial charge >= 0.3 is 6.09 Å². The minimum absolute atomic E-state index is 0.0653.